The minimum Gasteiger partial charge on any atom is -0.496 e. The number of nitrogens with one attached hydrogen (secondary N) is 1. The summed E-state index contributed by atoms with van der Waals surface area (Å²) >= 11 is 0. The van der Waals surface area contributed by atoms with E-state index in [4.69, 9.17) is 4.74 Å². The molecule has 3 rings (SSSR count). The van der Waals surface area contributed by atoms with E-state index in [1.54, 1.807) is 18.0 Å². The van der Waals surface area contributed by atoms with Crippen LogP contribution in [0, 0.1) is 0 Å². The second-order valence-corrected chi connectivity index (χ2v) is 5.87. The Labute approximate surface area is 130 Å². The molecule has 1 heterocycles. The zero-order valence-corrected chi connectivity index (χ0v) is 13.0. The van der Waals surface area contributed by atoms with E-state index in [1.807, 2.05) is 31.4 Å². The topological polar surface area (TPSA) is 56.1 Å². The van der Waals surface area contributed by atoms with E-state index in [2.05, 4.69) is 16.5 Å². The number of aryl methyl sites for hydroxylation is 1. The Bertz CT molecular complexity index is 659. The van der Waals surface area contributed by atoms with Gasteiger partial charge in [0.15, 0.2) is 0 Å². The third-order valence-electron chi connectivity index (χ3n) is 4.20. The van der Waals surface area contributed by atoms with Gasteiger partial charge in [-0.1, -0.05) is 18.2 Å². The zero-order chi connectivity index (χ0) is 15.5. The molecule has 0 unspecified atom stereocenters. The van der Waals surface area contributed by atoms with Gasteiger partial charge in [-0.2, -0.15) is 5.10 Å². The van der Waals surface area contributed by atoms with Gasteiger partial charge in [-0.25, -0.2) is 0 Å². The summed E-state index contributed by atoms with van der Waals surface area (Å²) in [6.45, 7) is 0. The first-order valence-electron chi connectivity index (χ1n) is 7.55. The fourth-order valence-electron chi connectivity index (χ4n) is 3.02. The third-order valence-corrected chi connectivity index (χ3v) is 4.20. The number of rotatable bonds is 5. The van der Waals surface area contributed by atoms with Gasteiger partial charge in [-0.15, -0.1) is 0 Å². The Hall–Kier alpha value is -2.30. The van der Waals surface area contributed by atoms with Crippen molar-refractivity contribution in [3.8, 4) is 5.75 Å². The summed E-state index contributed by atoms with van der Waals surface area (Å²) in [5.41, 5.74) is 2.18. The van der Waals surface area contributed by atoms with Crippen molar-refractivity contribution in [2.24, 2.45) is 7.05 Å². The maximum absolute atomic E-state index is 12.0. The molecule has 22 heavy (non-hydrogen) atoms. The number of hydrogen-bond acceptors (Lipinski definition) is 3. The van der Waals surface area contributed by atoms with Crippen LogP contribution in [0.4, 0.5) is 0 Å². The molecule has 116 valence electrons. The highest BCUT2D eigenvalue weighted by atomic mass is 16.5. The smallest absolute Gasteiger partial charge is 0.224 e. The summed E-state index contributed by atoms with van der Waals surface area (Å²) in [7, 11) is 3.55. The summed E-state index contributed by atoms with van der Waals surface area (Å²) in [5, 5.41) is 7.17. The van der Waals surface area contributed by atoms with Gasteiger partial charge in [0.25, 0.3) is 0 Å². The van der Waals surface area contributed by atoms with Gasteiger partial charge in [-0.3, -0.25) is 9.48 Å². The number of para-hydroxylation sites is 1. The van der Waals surface area contributed by atoms with Crippen molar-refractivity contribution < 1.29 is 9.53 Å². The van der Waals surface area contributed by atoms with Crippen LogP contribution in [-0.2, 0) is 18.3 Å². The van der Waals surface area contributed by atoms with Crippen LogP contribution in [0.15, 0.2) is 36.7 Å². The van der Waals surface area contributed by atoms with Crippen molar-refractivity contribution in [1.29, 1.82) is 0 Å². The molecule has 2 aromatic rings. The van der Waals surface area contributed by atoms with Crippen LogP contribution < -0.4 is 10.1 Å². The molecule has 1 aromatic carbocycles. The number of nitrogens with zero attached hydrogens (tertiary/aromatic N) is 2. The number of amides is 1. The van der Waals surface area contributed by atoms with E-state index in [0.29, 0.717) is 12.3 Å². The fourth-order valence-corrected chi connectivity index (χ4v) is 3.02. The lowest BCUT2D eigenvalue weighted by molar-refractivity contribution is -0.121. The molecule has 0 atom stereocenters. The molecule has 0 saturated heterocycles. The van der Waals surface area contributed by atoms with E-state index >= 15 is 0 Å². The molecule has 1 amide bonds. The van der Waals surface area contributed by atoms with Gasteiger partial charge in [0.1, 0.15) is 5.75 Å². The fraction of sp³-hybridized carbons (Fsp3) is 0.412. The Balaban J connectivity index is 1.50. The van der Waals surface area contributed by atoms with Crippen LogP contribution >= 0.6 is 0 Å². The lowest BCUT2D eigenvalue weighted by atomic mass is 9.75. The second kappa shape index (κ2) is 6.22. The van der Waals surface area contributed by atoms with Crippen LogP contribution in [0.3, 0.4) is 0 Å². The van der Waals surface area contributed by atoms with Gasteiger partial charge in [0, 0.05) is 19.3 Å². The van der Waals surface area contributed by atoms with Crippen molar-refractivity contribution in [3.05, 3.63) is 47.8 Å². The highest BCUT2D eigenvalue weighted by molar-refractivity contribution is 5.78. The first kappa shape index (κ1) is 14.6. The minimum absolute atomic E-state index is 0.0662. The number of methoxy groups -OCH3 is 1. The van der Waals surface area contributed by atoms with Crippen LogP contribution in [0.1, 0.15) is 29.9 Å². The van der Waals surface area contributed by atoms with Crippen LogP contribution in [-0.4, -0.2) is 28.8 Å². The maximum Gasteiger partial charge on any atom is 0.224 e. The highest BCUT2D eigenvalue weighted by Crippen LogP contribution is 2.40. The van der Waals surface area contributed by atoms with Gasteiger partial charge in [0.05, 0.1) is 19.7 Å². The third kappa shape index (κ3) is 3.13. The van der Waals surface area contributed by atoms with Crippen LogP contribution in [0.25, 0.3) is 0 Å². The predicted molar refractivity (Wildman–Crippen MR) is 83.8 cm³/mol. The SMILES string of the molecule is COc1ccccc1C1CC(NC(=O)Cc2cnn(C)c2)C1. The molecule has 1 fully saturated rings. The summed E-state index contributed by atoms with van der Waals surface area (Å²) in [4.78, 5) is 12.0. The Kier molecular flexibility index (Phi) is 4.13. The molecule has 0 bridgehead atoms. The van der Waals surface area contributed by atoms with E-state index in [1.165, 1.54) is 5.56 Å². The Morgan fingerprint density at radius 2 is 2.18 bits per heavy atom. The molecule has 1 N–H and O–H groups in total. The molecule has 1 saturated carbocycles. The molecule has 1 aliphatic carbocycles. The first-order chi connectivity index (χ1) is 10.7. The number of benzene rings is 1. The predicted octanol–water partition coefficient (Wildman–Crippen LogP) is 2.03. The minimum atomic E-state index is 0.0662. The largest absolute Gasteiger partial charge is 0.496 e. The van der Waals surface area contributed by atoms with Gasteiger partial charge >= 0.3 is 0 Å². The van der Waals surface area contributed by atoms with Crippen LogP contribution in [0.2, 0.25) is 0 Å². The number of aromatic nitrogens is 2. The first-order valence-corrected chi connectivity index (χ1v) is 7.55. The molecular weight excluding hydrogens is 278 g/mol. The number of carbonyl (C=O) groups excluding carboxylic acids is 1. The van der Waals surface area contributed by atoms with Crippen LogP contribution in [0.5, 0.6) is 5.75 Å². The summed E-state index contributed by atoms with van der Waals surface area (Å²) in [6.07, 6.45) is 5.94. The number of carbonyl (C=O) groups is 1. The summed E-state index contributed by atoms with van der Waals surface area (Å²) in [6, 6.07) is 8.38. The molecule has 1 aromatic heterocycles. The molecule has 1 aliphatic rings. The molecule has 5 heteroatoms. The van der Waals surface area contributed by atoms with Crippen molar-refractivity contribution >= 4 is 5.91 Å². The van der Waals surface area contributed by atoms with E-state index in [0.717, 1.165) is 24.2 Å². The number of hydrogen-bond donors (Lipinski definition) is 1. The normalized spacial score (nSPS) is 20.3. The van der Waals surface area contributed by atoms with Gasteiger partial charge in [-0.05, 0) is 36.0 Å². The molecule has 0 spiro atoms. The van der Waals surface area contributed by atoms with Gasteiger partial charge in [0.2, 0.25) is 5.91 Å². The summed E-state index contributed by atoms with van der Waals surface area (Å²) in [5.74, 6) is 1.48. The Morgan fingerprint density at radius 3 is 2.86 bits per heavy atom. The monoisotopic (exact) mass is 299 g/mol. The molecule has 0 radical (unpaired) electrons. The standard InChI is InChI=1S/C17H21N3O2/c1-20-11-12(10-18-20)7-17(21)19-14-8-13(9-14)15-5-3-4-6-16(15)22-2/h3-6,10-11,13-14H,7-9H2,1-2H3,(H,19,21). The van der Waals surface area contributed by atoms with Gasteiger partial charge < -0.3 is 10.1 Å². The molecule has 0 aliphatic heterocycles. The van der Waals surface area contributed by atoms with Crippen molar-refractivity contribution in [3.63, 3.8) is 0 Å². The maximum atomic E-state index is 12.0. The molecular formula is C17H21N3O2. The molecule has 5 nitrogen and oxygen atoms in total. The highest BCUT2D eigenvalue weighted by Gasteiger charge is 2.32. The van der Waals surface area contributed by atoms with E-state index in [9.17, 15) is 4.79 Å². The average molecular weight is 299 g/mol. The zero-order valence-electron chi connectivity index (χ0n) is 13.0. The average Bonchev–Trinajstić information content (AvgIpc) is 2.87. The lowest BCUT2D eigenvalue weighted by Crippen LogP contribution is -2.44. The number of ether oxygens (including phenoxy) is 1. The van der Waals surface area contributed by atoms with Crippen molar-refractivity contribution in [2.75, 3.05) is 7.11 Å². The van der Waals surface area contributed by atoms with E-state index in [-0.39, 0.29) is 11.9 Å². The summed E-state index contributed by atoms with van der Waals surface area (Å²) < 4.78 is 7.12. The second-order valence-electron chi connectivity index (χ2n) is 5.87. The lowest BCUT2D eigenvalue weighted by Gasteiger charge is -2.36. The van der Waals surface area contributed by atoms with Crippen molar-refractivity contribution in [2.45, 2.75) is 31.2 Å². The quantitative estimate of drug-likeness (QED) is 0.919. The Morgan fingerprint density at radius 1 is 1.41 bits per heavy atom. The van der Waals surface area contributed by atoms with E-state index < -0.39 is 0 Å². The van der Waals surface area contributed by atoms with Crippen molar-refractivity contribution in [1.82, 2.24) is 15.1 Å².